The number of aliphatic hydroxyl groups excluding tert-OH is 1. The van der Waals surface area contributed by atoms with Crippen molar-refractivity contribution in [3.63, 3.8) is 0 Å². The molecule has 5 N–H and O–H groups in total. The van der Waals surface area contributed by atoms with Crippen molar-refractivity contribution in [3.05, 3.63) is 64.2 Å². The smallest absolute Gasteiger partial charge is 0.225 e. The third kappa shape index (κ3) is 4.38. The number of amides is 1. The molecule has 8 nitrogen and oxygen atoms in total. The lowest BCUT2D eigenvalue weighted by atomic mass is 9.57. The van der Waals surface area contributed by atoms with Gasteiger partial charge in [-0.3, -0.25) is 19.2 Å². The first-order chi connectivity index (χ1) is 17.1. The number of aliphatic hydroxyl groups is 2. The molecule has 2 aliphatic carbocycles. The lowest BCUT2D eigenvalue weighted by Crippen LogP contribution is -2.63. The molecular weight excluding hydrogens is 462 g/mol. The summed E-state index contributed by atoms with van der Waals surface area (Å²) in [6, 6.07) is 11.0. The van der Waals surface area contributed by atoms with Gasteiger partial charge < -0.3 is 21.1 Å². The second-order valence-electron chi connectivity index (χ2n) is 9.72. The summed E-state index contributed by atoms with van der Waals surface area (Å²) >= 11 is 0. The summed E-state index contributed by atoms with van der Waals surface area (Å²) in [5.74, 6) is -6.88. The number of phenolic OH excluding ortho intramolecular Hbond substituents is 1. The van der Waals surface area contributed by atoms with Crippen molar-refractivity contribution in [1.29, 1.82) is 0 Å². The summed E-state index contributed by atoms with van der Waals surface area (Å²) in [6.07, 6.45) is 3.20. The summed E-state index contributed by atoms with van der Waals surface area (Å²) in [4.78, 5) is 51.3. The van der Waals surface area contributed by atoms with Gasteiger partial charge in [-0.25, -0.2) is 0 Å². The number of ketones is 3. The first-order valence-corrected chi connectivity index (χ1v) is 11.9. The highest BCUT2D eigenvalue weighted by Gasteiger charge is 2.60. The minimum Gasteiger partial charge on any atom is -0.507 e. The van der Waals surface area contributed by atoms with E-state index in [2.05, 4.69) is 0 Å². The van der Waals surface area contributed by atoms with Gasteiger partial charge >= 0.3 is 0 Å². The van der Waals surface area contributed by atoms with Crippen LogP contribution >= 0.6 is 0 Å². The van der Waals surface area contributed by atoms with E-state index < -0.39 is 59.6 Å². The van der Waals surface area contributed by atoms with Crippen LogP contribution in [-0.2, 0) is 20.8 Å². The predicted octanol–water partition coefficient (Wildman–Crippen LogP) is 1.99. The Morgan fingerprint density at radius 1 is 1.11 bits per heavy atom. The van der Waals surface area contributed by atoms with Crippen molar-refractivity contribution in [2.75, 3.05) is 6.61 Å². The van der Waals surface area contributed by atoms with Crippen molar-refractivity contribution in [2.24, 2.45) is 23.5 Å². The van der Waals surface area contributed by atoms with E-state index in [9.17, 15) is 34.5 Å². The summed E-state index contributed by atoms with van der Waals surface area (Å²) in [5.41, 5.74) is 5.90. The number of nitrogens with two attached hydrogens (primary N) is 1. The zero-order chi connectivity index (χ0) is 26.2. The van der Waals surface area contributed by atoms with Gasteiger partial charge in [-0.15, -0.1) is 0 Å². The summed E-state index contributed by atoms with van der Waals surface area (Å²) in [6.45, 7) is 1.60. The van der Waals surface area contributed by atoms with Crippen molar-refractivity contribution >= 4 is 35.4 Å². The van der Waals surface area contributed by atoms with Crippen LogP contribution in [-0.4, -0.2) is 50.8 Å². The third-order valence-corrected chi connectivity index (χ3v) is 7.40. The van der Waals surface area contributed by atoms with Crippen LogP contribution in [0.2, 0.25) is 0 Å². The number of aryl methyl sites for hydroxylation is 1. The van der Waals surface area contributed by atoms with Crippen LogP contribution in [0.3, 0.4) is 0 Å². The molecule has 4 rings (SSSR count). The number of benzene rings is 2. The van der Waals surface area contributed by atoms with Crippen LogP contribution in [0.25, 0.3) is 12.2 Å². The van der Waals surface area contributed by atoms with Gasteiger partial charge in [0.1, 0.15) is 5.75 Å². The molecule has 0 bridgehead atoms. The molecule has 8 heteroatoms. The lowest BCUT2D eigenvalue weighted by molar-refractivity contribution is -0.167. The second-order valence-corrected chi connectivity index (χ2v) is 9.72. The van der Waals surface area contributed by atoms with Crippen LogP contribution in [0, 0.1) is 24.7 Å². The Labute approximate surface area is 208 Å². The maximum absolute atomic E-state index is 13.6. The van der Waals surface area contributed by atoms with E-state index in [0.29, 0.717) is 11.1 Å². The molecule has 1 saturated carbocycles. The number of aromatic hydroxyl groups is 1. The van der Waals surface area contributed by atoms with Gasteiger partial charge in [0, 0.05) is 12.5 Å². The number of Topliss-reactive ketones (excluding diaryl/α,β-unsaturated/α-hetero) is 3. The van der Waals surface area contributed by atoms with Crippen LogP contribution < -0.4 is 5.73 Å². The molecule has 1 unspecified atom stereocenters. The number of primary amides is 1. The van der Waals surface area contributed by atoms with Crippen LogP contribution in [0.4, 0.5) is 0 Å². The van der Waals surface area contributed by atoms with Crippen LogP contribution in [0.15, 0.2) is 36.4 Å². The second kappa shape index (κ2) is 9.79. The molecule has 2 aromatic rings. The molecule has 1 fully saturated rings. The number of hydrogen-bond acceptors (Lipinski definition) is 7. The Kier molecular flexibility index (Phi) is 6.93. The summed E-state index contributed by atoms with van der Waals surface area (Å²) in [7, 11) is 0. The zero-order valence-corrected chi connectivity index (χ0v) is 19.9. The molecule has 2 aromatic carbocycles. The Morgan fingerprint density at radius 3 is 2.44 bits per heavy atom. The zero-order valence-electron chi connectivity index (χ0n) is 19.9. The fourth-order valence-electron chi connectivity index (χ4n) is 5.58. The summed E-state index contributed by atoms with van der Waals surface area (Å²) < 4.78 is 0. The van der Waals surface area contributed by atoms with Gasteiger partial charge in [0.2, 0.25) is 5.91 Å². The topological polar surface area (TPSA) is 155 Å². The van der Waals surface area contributed by atoms with Crippen molar-refractivity contribution in [1.82, 2.24) is 0 Å². The minimum atomic E-state index is -2.61. The summed E-state index contributed by atoms with van der Waals surface area (Å²) in [5, 5.41) is 31.4. The standard InChI is InChI=1S/C28H29NO7/c1-15-2-4-16(5-3-15)6-7-17-8-9-21(31)25-20(17)13-18-12-19(10-11-30)28(36,22(32)14-23(29)33)27(35)24(18)26(25)34/h2-9,18-19,24,30-31,36H,10-14H2,1H3,(H2,29,33)/b7-6+/t18-,19-,24?,28-/m1/s1. The normalized spacial score (nSPS) is 25.5. The third-order valence-electron chi connectivity index (χ3n) is 7.40. The first kappa shape index (κ1) is 25.5. The maximum atomic E-state index is 13.6. The van der Waals surface area contributed by atoms with Crippen molar-refractivity contribution in [3.8, 4) is 5.75 Å². The van der Waals surface area contributed by atoms with Gasteiger partial charge in [0.15, 0.2) is 23.0 Å². The maximum Gasteiger partial charge on any atom is 0.225 e. The molecule has 0 aliphatic heterocycles. The number of hydrogen-bond donors (Lipinski definition) is 4. The molecule has 0 saturated heterocycles. The molecule has 1 amide bonds. The average Bonchev–Trinajstić information content (AvgIpc) is 2.82. The highest BCUT2D eigenvalue weighted by molar-refractivity contribution is 6.24. The molecule has 0 aromatic heterocycles. The van der Waals surface area contributed by atoms with E-state index in [1.165, 1.54) is 6.07 Å². The van der Waals surface area contributed by atoms with Gasteiger partial charge in [0.05, 0.1) is 17.9 Å². The fraction of sp³-hybridized carbons (Fsp3) is 0.357. The monoisotopic (exact) mass is 491 g/mol. The van der Waals surface area contributed by atoms with Gasteiger partial charge in [-0.2, -0.15) is 0 Å². The van der Waals surface area contributed by atoms with E-state index in [0.717, 1.165) is 11.1 Å². The molecular formula is C28H29NO7. The molecule has 0 spiro atoms. The number of carbonyl (C=O) groups excluding carboxylic acids is 4. The number of carbonyl (C=O) groups is 4. The molecule has 2 aliphatic rings. The van der Waals surface area contributed by atoms with Crippen molar-refractivity contribution in [2.45, 2.75) is 38.2 Å². The van der Waals surface area contributed by atoms with Crippen LogP contribution in [0.1, 0.15) is 51.9 Å². The van der Waals surface area contributed by atoms with E-state index in [4.69, 9.17) is 5.73 Å². The number of rotatable bonds is 7. The average molecular weight is 492 g/mol. The Hall–Kier alpha value is -3.62. The number of fused-ring (bicyclic) bond motifs is 2. The van der Waals surface area contributed by atoms with Crippen molar-refractivity contribution < 1.29 is 34.5 Å². The first-order valence-electron chi connectivity index (χ1n) is 11.9. The SMILES string of the molecule is Cc1ccc(/C=C/c2ccc(O)c3c2C[C@H]2C[C@@H](CCO)[C@@](O)(C(=O)CC(N)=O)C(=O)C2C3=O)cc1. The molecule has 0 heterocycles. The van der Waals surface area contributed by atoms with E-state index >= 15 is 0 Å². The highest BCUT2D eigenvalue weighted by Crippen LogP contribution is 2.48. The van der Waals surface area contributed by atoms with Crippen LogP contribution in [0.5, 0.6) is 5.75 Å². The lowest BCUT2D eigenvalue weighted by Gasteiger charge is -2.46. The Balaban J connectivity index is 1.75. The molecule has 188 valence electrons. The fourth-order valence-corrected chi connectivity index (χ4v) is 5.58. The minimum absolute atomic E-state index is 0.000893. The highest BCUT2D eigenvalue weighted by atomic mass is 16.3. The van der Waals surface area contributed by atoms with E-state index in [-0.39, 0.29) is 30.6 Å². The quantitative estimate of drug-likeness (QED) is 0.341. The van der Waals surface area contributed by atoms with Gasteiger partial charge in [0.25, 0.3) is 0 Å². The van der Waals surface area contributed by atoms with Gasteiger partial charge in [-0.05, 0) is 54.9 Å². The van der Waals surface area contributed by atoms with E-state index in [1.807, 2.05) is 43.3 Å². The molecule has 36 heavy (non-hydrogen) atoms. The van der Waals surface area contributed by atoms with E-state index in [1.54, 1.807) is 6.07 Å². The Bertz CT molecular complexity index is 1260. The largest absolute Gasteiger partial charge is 0.507 e. The molecule has 0 radical (unpaired) electrons. The predicted molar refractivity (Wildman–Crippen MR) is 132 cm³/mol. The Morgan fingerprint density at radius 2 is 1.81 bits per heavy atom. The van der Waals surface area contributed by atoms with Gasteiger partial charge in [-0.1, -0.05) is 48.0 Å². The number of phenols is 1. The molecule has 4 atom stereocenters.